The SMILES string of the molecule is NCCN.O=[PH]1OCO1. The lowest BCUT2D eigenvalue weighted by molar-refractivity contribution is 0.0270. The molecule has 0 spiro atoms. The van der Waals surface area contributed by atoms with E-state index in [4.69, 9.17) is 11.5 Å². The molecular weight excluding hydrogens is 143 g/mol. The van der Waals surface area contributed by atoms with Gasteiger partial charge in [-0.1, -0.05) is 0 Å². The van der Waals surface area contributed by atoms with Crippen molar-refractivity contribution in [2.24, 2.45) is 11.5 Å². The summed E-state index contributed by atoms with van der Waals surface area (Å²) in [6, 6.07) is 0. The zero-order valence-electron chi connectivity index (χ0n) is 5.00. The minimum Gasteiger partial charge on any atom is -0.329 e. The van der Waals surface area contributed by atoms with Crippen LogP contribution in [0.2, 0.25) is 0 Å². The molecule has 1 heterocycles. The fraction of sp³-hybridized carbons (Fsp3) is 1.00. The van der Waals surface area contributed by atoms with E-state index in [0.717, 1.165) is 0 Å². The van der Waals surface area contributed by atoms with Crippen molar-refractivity contribution in [2.75, 3.05) is 19.9 Å². The highest BCUT2D eigenvalue weighted by molar-refractivity contribution is 7.34. The summed E-state index contributed by atoms with van der Waals surface area (Å²) in [5, 5.41) is 0. The largest absolute Gasteiger partial charge is 0.329 e. The van der Waals surface area contributed by atoms with E-state index in [0.29, 0.717) is 13.1 Å². The zero-order valence-corrected chi connectivity index (χ0v) is 6.00. The van der Waals surface area contributed by atoms with Gasteiger partial charge in [0.05, 0.1) is 0 Å². The van der Waals surface area contributed by atoms with E-state index in [2.05, 4.69) is 9.05 Å². The van der Waals surface area contributed by atoms with Crippen LogP contribution in [0.3, 0.4) is 0 Å². The summed E-state index contributed by atoms with van der Waals surface area (Å²) in [6.07, 6.45) is 0. The second-order valence-corrected chi connectivity index (χ2v) is 2.31. The molecule has 0 aliphatic carbocycles. The van der Waals surface area contributed by atoms with Crippen LogP contribution in [0.1, 0.15) is 0 Å². The minimum atomic E-state index is -1.94. The Balaban J connectivity index is 0.000000148. The van der Waals surface area contributed by atoms with E-state index in [1.54, 1.807) is 0 Å². The van der Waals surface area contributed by atoms with Gasteiger partial charge in [0.1, 0.15) is 0 Å². The van der Waals surface area contributed by atoms with Crippen molar-refractivity contribution in [1.82, 2.24) is 0 Å². The maximum Gasteiger partial charge on any atom is 0.323 e. The molecule has 5 nitrogen and oxygen atoms in total. The van der Waals surface area contributed by atoms with Crippen LogP contribution in [-0.4, -0.2) is 19.9 Å². The average molecular weight is 154 g/mol. The van der Waals surface area contributed by atoms with Crippen LogP contribution in [0.5, 0.6) is 0 Å². The van der Waals surface area contributed by atoms with Gasteiger partial charge in [-0.25, -0.2) is 0 Å². The van der Waals surface area contributed by atoms with Gasteiger partial charge < -0.3 is 11.5 Å². The summed E-state index contributed by atoms with van der Waals surface area (Å²) in [4.78, 5) is 0. The molecule has 56 valence electrons. The van der Waals surface area contributed by atoms with Crippen LogP contribution in [0.4, 0.5) is 0 Å². The van der Waals surface area contributed by atoms with Crippen molar-refractivity contribution in [3.63, 3.8) is 0 Å². The number of hydrogen-bond donors (Lipinski definition) is 2. The molecule has 1 aliphatic heterocycles. The Kier molecular flexibility index (Phi) is 6.24. The van der Waals surface area contributed by atoms with Crippen LogP contribution in [0, 0.1) is 0 Å². The van der Waals surface area contributed by atoms with Gasteiger partial charge in [0.25, 0.3) is 0 Å². The second kappa shape index (κ2) is 6.19. The van der Waals surface area contributed by atoms with Crippen molar-refractivity contribution in [2.45, 2.75) is 0 Å². The Hall–Kier alpha value is 0.0700. The molecular formula is C3H11N2O3P. The normalized spacial score (nSPS) is 17.6. The monoisotopic (exact) mass is 154 g/mol. The molecule has 1 fully saturated rings. The maximum atomic E-state index is 9.64. The van der Waals surface area contributed by atoms with E-state index >= 15 is 0 Å². The summed E-state index contributed by atoms with van der Waals surface area (Å²) in [7, 11) is -1.94. The Morgan fingerprint density at radius 3 is 1.67 bits per heavy atom. The molecule has 0 aromatic heterocycles. The molecule has 9 heavy (non-hydrogen) atoms. The molecule has 4 N–H and O–H groups in total. The molecule has 1 aliphatic rings. The third-order valence-corrected chi connectivity index (χ3v) is 1.23. The number of rotatable bonds is 1. The van der Waals surface area contributed by atoms with Gasteiger partial charge in [0, 0.05) is 13.1 Å². The molecule has 0 bridgehead atoms. The molecule has 0 atom stereocenters. The first-order valence-electron chi connectivity index (χ1n) is 2.51. The van der Waals surface area contributed by atoms with Crippen molar-refractivity contribution >= 4 is 8.25 Å². The Labute approximate surface area is 54.3 Å². The van der Waals surface area contributed by atoms with Gasteiger partial charge >= 0.3 is 8.25 Å². The molecule has 0 saturated carbocycles. The van der Waals surface area contributed by atoms with Gasteiger partial charge in [0.15, 0.2) is 6.79 Å². The standard InChI is InChI=1S/C2H8N2.CH3O3P/c3-1-2-4;2-5-3-1-4-5/h1-4H2;5H,1H2. The molecule has 0 unspecified atom stereocenters. The summed E-state index contributed by atoms with van der Waals surface area (Å²) in [5.74, 6) is 0. The van der Waals surface area contributed by atoms with Gasteiger partial charge in [-0.05, 0) is 0 Å². The second-order valence-electron chi connectivity index (χ2n) is 1.23. The van der Waals surface area contributed by atoms with E-state index in [-0.39, 0.29) is 6.79 Å². The Morgan fingerprint density at radius 1 is 1.33 bits per heavy atom. The lowest BCUT2D eigenvalue weighted by atomic mass is 10.7. The van der Waals surface area contributed by atoms with E-state index in [9.17, 15) is 4.57 Å². The molecule has 0 amide bonds. The van der Waals surface area contributed by atoms with Crippen LogP contribution in [0.25, 0.3) is 0 Å². The lowest BCUT2D eigenvalue weighted by Crippen LogP contribution is -2.11. The van der Waals surface area contributed by atoms with Gasteiger partial charge in [0.2, 0.25) is 0 Å². The highest BCUT2D eigenvalue weighted by atomic mass is 31.1. The fourth-order valence-electron chi connectivity index (χ4n) is 0.107. The van der Waals surface area contributed by atoms with Crippen LogP contribution < -0.4 is 11.5 Å². The highest BCUT2D eigenvalue weighted by Crippen LogP contribution is 2.32. The molecule has 0 aromatic carbocycles. The average Bonchev–Trinajstić information content (AvgIpc) is 1.84. The highest BCUT2D eigenvalue weighted by Gasteiger charge is 2.07. The van der Waals surface area contributed by atoms with E-state index in [1.807, 2.05) is 0 Å². The Bertz CT molecular complexity index is 81.1. The van der Waals surface area contributed by atoms with Crippen LogP contribution >= 0.6 is 8.25 Å². The van der Waals surface area contributed by atoms with Gasteiger partial charge in [-0.3, -0.25) is 13.6 Å². The van der Waals surface area contributed by atoms with Gasteiger partial charge in [-0.15, -0.1) is 0 Å². The predicted octanol–water partition coefficient (Wildman–Crippen LogP) is -0.716. The maximum absolute atomic E-state index is 9.64. The quantitative estimate of drug-likeness (QED) is 0.487. The third kappa shape index (κ3) is 5.95. The number of nitrogens with two attached hydrogens (primary N) is 2. The predicted molar refractivity (Wildman–Crippen MR) is 34.1 cm³/mol. The molecule has 1 rings (SSSR count). The van der Waals surface area contributed by atoms with Crippen LogP contribution in [0.15, 0.2) is 0 Å². The van der Waals surface area contributed by atoms with Gasteiger partial charge in [-0.2, -0.15) is 0 Å². The first kappa shape index (κ1) is 9.07. The van der Waals surface area contributed by atoms with Crippen molar-refractivity contribution in [1.29, 1.82) is 0 Å². The molecule has 1 saturated heterocycles. The molecule has 0 radical (unpaired) electrons. The first-order chi connectivity index (χ1) is 4.31. The minimum absolute atomic E-state index is 0.220. The Morgan fingerprint density at radius 2 is 1.67 bits per heavy atom. The topological polar surface area (TPSA) is 87.6 Å². The first-order valence-corrected chi connectivity index (χ1v) is 3.73. The zero-order chi connectivity index (χ0) is 7.11. The summed E-state index contributed by atoms with van der Waals surface area (Å²) >= 11 is 0. The smallest absolute Gasteiger partial charge is 0.323 e. The van der Waals surface area contributed by atoms with Crippen molar-refractivity contribution < 1.29 is 13.6 Å². The van der Waals surface area contributed by atoms with Crippen molar-refractivity contribution in [3.8, 4) is 0 Å². The fourth-order valence-corrected chi connectivity index (χ4v) is 0.321. The third-order valence-electron chi connectivity index (χ3n) is 0.520. The molecule has 0 aromatic rings. The van der Waals surface area contributed by atoms with E-state index in [1.165, 1.54) is 0 Å². The molecule has 6 heteroatoms. The lowest BCUT2D eigenvalue weighted by Gasteiger charge is -2.10. The van der Waals surface area contributed by atoms with E-state index < -0.39 is 8.25 Å². The summed E-state index contributed by atoms with van der Waals surface area (Å²) in [5.41, 5.74) is 9.81. The summed E-state index contributed by atoms with van der Waals surface area (Å²) in [6.45, 7) is 1.41. The summed E-state index contributed by atoms with van der Waals surface area (Å²) < 4.78 is 18.1. The van der Waals surface area contributed by atoms with Crippen molar-refractivity contribution in [3.05, 3.63) is 0 Å². The number of hydrogen-bond acceptors (Lipinski definition) is 5. The van der Waals surface area contributed by atoms with Crippen LogP contribution in [-0.2, 0) is 13.6 Å².